The summed E-state index contributed by atoms with van der Waals surface area (Å²) in [6.07, 6.45) is 0.535. The summed E-state index contributed by atoms with van der Waals surface area (Å²) in [4.78, 5) is 34.1. The number of carbonyl (C=O) groups excluding carboxylic acids is 2. The summed E-state index contributed by atoms with van der Waals surface area (Å²) < 4.78 is 0. The van der Waals surface area contributed by atoms with Crippen LogP contribution >= 0.6 is 0 Å². The lowest BCUT2D eigenvalue weighted by molar-refractivity contribution is -0.384. The molecule has 136 valence electrons. The number of nitro benzene ring substituents is 1. The highest BCUT2D eigenvalue weighted by Gasteiger charge is 2.11. The molecule has 0 aliphatic heterocycles. The Morgan fingerprint density at radius 3 is 2.15 bits per heavy atom. The topological polar surface area (TPSA) is 127 Å². The van der Waals surface area contributed by atoms with Gasteiger partial charge in [0.1, 0.15) is 0 Å². The fourth-order valence-electron chi connectivity index (χ4n) is 2.25. The van der Waals surface area contributed by atoms with Crippen LogP contribution in [0.2, 0.25) is 0 Å². The van der Waals surface area contributed by atoms with Crippen molar-refractivity contribution >= 4 is 17.5 Å². The first-order chi connectivity index (χ1) is 12.5. The molecule has 8 nitrogen and oxygen atoms in total. The zero-order valence-electron chi connectivity index (χ0n) is 14.1. The Kier molecular flexibility index (Phi) is 6.81. The van der Waals surface area contributed by atoms with Crippen molar-refractivity contribution in [2.75, 3.05) is 13.1 Å². The van der Waals surface area contributed by atoms with Crippen molar-refractivity contribution in [2.45, 2.75) is 13.0 Å². The van der Waals surface area contributed by atoms with E-state index in [4.69, 9.17) is 5.73 Å². The highest BCUT2D eigenvalue weighted by molar-refractivity contribution is 5.95. The highest BCUT2D eigenvalue weighted by atomic mass is 16.6. The average molecular weight is 356 g/mol. The third-order valence-electron chi connectivity index (χ3n) is 3.70. The van der Waals surface area contributed by atoms with Gasteiger partial charge in [-0.1, -0.05) is 18.2 Å². The van der Waals surface area contributed by atoms with Crippen molar-refractivity contribution in [1.29, 1.82) is 0 Å². The van der Waals surface area contributed by atoms with E-state index in [0.29, 0.717) is 31.6 Å². The van der Waals surface area contributed by atoms with Gasteiger partial charge in [-0.3, -0.25) is 19.7 Å². The smallest absolute Gasteiger partial charge is 0.270 e. The number of rotatable bonds is 8. The number of nitrogens with zero attached hydrogens (tertiary/aromatic N) is 1. The van der Waals surface area contributed by atoms with Gasteiger partial charge in [0.25, 0.3) is 17.5 Å². The van der Waals surface area contributed by atoms with Crippen LogP contribution in [0.1, 0.15) is 32.7 Å². The Bertz CT molecular complexity index is 790. The lowest BCUT2D eigenvalue weighted by Gasteiger charge is -2.07. The molecule has 0 saturated carbocycles. The minimum Gasteiger partial charge on any atom is -0.352 e. The molecule has 2 rings (SSSR count). The van der Waals surface area contributed by atoms with Gasteiger partial charge in [-0.15, -0.1) is 0 Å². The Morgan fingerprint density at radius 1 is 0.962 bits per heavy atom. The van der Waals surface area contributed by atoms with Gasteiger partial charge < -0.3 is 16.4 Å². The van der Waals surface area contributed by atoms with Crippen molar-refractivity contribution in [3.05, 3.63) is 75.3 Å². The SMILES string of the molecule is NCc1ccc(C(=O)NCCCNC(=O)c2cccc([N+](=O)[O-])c2)cc1. The third-order valence-corrected chi connectivity index (χ3v) is 3.70. The molecule has 2 aromatic carbocycles. The molecule has 26 heavy (non-hydrogen) atoms. The maximum atomic E-state index is 12.0. The minimum absolute atomic E-state index is 0.134. The van der Waals surface area contributed by atoms with Gasteiger partial charge in [-0.05, 0) is 30.2 Å². The zero-order chi connectivity index (χ0) is 18.9. The van der Waals surface area contributed by atoms with Crippen LogP contribution in [-0.2, 0) is 6.54 Å². The van der Waals surface area contributed by atoms with Gasteiger partial charge in [-0.2, -0.15) is 0 Å². The van der Waals surface area contributed by atoms with E-state index < -0.39 is 10.8 Å². The molecule has 0 bridgehead atoms. The van der Waals surface area contributed by atoms with Crippen molar-refractivity contribution in [3.63, 3.8) is 0 Å². The lowest BCUT2D eigenvalue weighted by Crippen LogP contribution is -2.29. The van der Waals surface area contributed by atoms with Gasteiger partial charge in [0.2, 0.25) is 0 Å². The molecule has 0 saturated heterocycles. The first kappa shape index (κ1) is 19.1. The van der Waals surface area contributed by atoms with E-state index in [-0.39, 0.29) is 17.2 Å². The van der Waals surface area contributed by atoms with E-state index in [2.05, 4.69) is 10.6 Å². The number of carbonyl (C=O) groups is 2. The lowest BCUT2D eigenvalue weighted by atomic mass is 10.1. The van der Waals surface area contributed by atoms with Gasteiger partial charge in [0.15, 0.2) is 0 Å². The molecule has 2 aromatic rings. The standard InChI is InChI=1S/C18H20N4O4/c19-12-13-5-7-14(8-6-13)17(23)20-9-2-10-21-18(24)15-3-1-4-16(11-15)22(25)26/h1,3-8,11H,2,9-10,12,19H2,(H,20,23)(H,21,24). The number of amides is 2. The fourth-order valence-corrected chi connectivity index (χ4v) is 2.25. The minimum atomic E-state index is -0.549. The zero-order valence-corrected chi connectivity index (χ0v) is 14.1. The molecule has 4 N–H and O–H groups in total. The van der Waals surface area contributed by atoms with Crippen LogP contribution in [0.15, 0.2) is 48.5 Å². The highest BCUT2D eigenvalue weighted by Crippen LogP contribution is 2.12. The molecule has 2 amide bonds. The van der Waals surface area contributed by atoms with E-state index >= 15 is 0 Å². The van der Waals surface area contributed by atoms with Crippen LogP contribution in [0.5, 0.6) is 0 Å². The van der Waals surface area contributed by atoms with Crippen LogP contribution in [0, 0.1) is 10.1 Å². The second-order valence-corrected chi connectivity index (χ2v) is 5.57. The molecule has 0 aromatic heterocycles. The number of nitrogens with one attached hydrogen (secondary N) is 2. The van der Waals surface area contributed by atoms with Crippen molar-refractivity contribution in [1.82, 2.24) is 10.6 Å². The Hall–Kier alpha value is -3.26. The molecular weight excluding hydrogens is 336 g/mol. The number of non-ortho nitro benzene ring substituents is 1. The molecule has 0 atom stereocenters. The van der Waals surface area contributed by atoms with Gasteiger partial charge >= 0.3 is 0 Å². The summed E-state index contributed by atoms with van der Waals surface area (Å²) in [5.74, 6) is -0.587. The molecule has 0 radical (unpaired) electrons. The number of nitrogens with two attached hydrogens (primary N) is 1. The molecule has 8 heteroatoms. The predicted molar refractivity (Wildman–Crippen MR) is 96.7 cm³/mol. The Labute approximate surface area is 150 Å². The van der Waals surface area contributed by atoms with Crippen LogP contribution in [-0.4, -0.2) is 29.8 Å². The first-order valence-electron chi connectivity index (χ1n) is 8.11. The van der Waals surface area contributed by atoms with Crippen LogP contribution < -0.4 is 16.4 Å². The largest absolute Gasteiger partial charge is 0.352 e. The fraction of sp³-hybridized carbons (Fsp3) is 0.222. The monoisotopic (exact) mass is 356 g/mol. The average Bonchev–Trinajstić information content (AvgIpc) is 2.67. The van der Waals surface area contributed by atoms with Gasteiger partial charge in [0.05, 0.1) is 4.92 Å². The van der Waals surface area contributed by atoms with Gasteiger partial charge in [-0.25, -0.2) is 0 Å². The van der Waals surface area contributed by atoms with E-state index in [0.717, 1.165) is 5.56 Å². The van der Waals surface area contributed by atoms with Crippen LogP contribution in [0.4, 0.5) is 5.69 Å². The summed E-state index contributed by atoms with van der Waals surface area (Å²) in [6.45, 7) is 1.16. The van der Waals surface area contributed by atoms with E-state index in [1.165, 1.54) is 24.3 Å². The molecule has 0 aliphatic rings. The van der Waals surface area contributed by atoms with Crippen molar-refractivity contribution in [2.24, 2.45) is 5.73 Å². The van der Waals surface area contributed by atoms with E-state index in [1.54, 1.807) is 24.3 Å². The first-order valence-corrected chi connectivity index (χ1v) is 8.11. The van der Waals surface area contributed by atoms with E-state index in [1.807, 2.05) is 0 Å². The normalized spacial score (nSPS) is 10.2. The summed E-state index contributed by atoms with van der Waals surface area (Å²) in [7, 11) is 0. The number of benzene rings is 2. The number of nitro groups is 1. The van der Waals surface area contributed by atoms with Crippen LogP contribution in [0.3, 0.4) is 0 Å². The molecule has 0 spiro atoms. The van der Waals surface area contributed by atoms with Crippen LogP contribution in [0.25, 0.3) is 0 Å². The second-order valence-electron chi connectivity index (χ2n) is 5.57. The molecular formula is C18H20N4O4. The van der Waals surface area contributed by atoms with Crippen molar-refractivity contribution < 1.29 is 14.5 Å². The maximum absolute atomic E-state index is 12.0. The number of hydrogen-bond donors (Lipinski definition) is 3. The summed E-state index contributed by atoms with van der Waals surface area (Å²) in [5.41, 5.74) is 7.10. The molecule has 0 aliphatic carbocycles. The molecule has 0 heterocycles. The quantitative estimate of drug-likeness (QED) is 0.376. The third kappa shape index (κ3) is 5.38. The van der Waals surface area contributed by atoms with Crippen molar-refractivity contribution in [3.8, 4) is 0 Å². The summed E-state index contributed by atoms with van der Waals surface area (Å²) in [5, 5.41) is 16.1. The van der Waals surface area contributed by atoms with E-state index in [9.17, 15) is 19.7 Å². The molecule has 0 fully saturated rings. The maximum Gasteiger partial charge on any atom is 0.270 e. The number of hydrogen-bond acceptors (Lipinski definition) is 5. The van der Waals surface area contributed by atoms with Gasteiger partial charge in [0, 0.05) is 42.9 Å². The summed E-state index contributed by atoms with van der Waals surface area (Å²) in [6, 6.07) is 12.5. The summed E-state index contributed by atoms with van der Waals surface area (Å²) >= 11 is 0. The Balaban J connectivity index is 1.72. The predicted octanol–water partition coefficient (Wildman–Crippen LogP) is 1.60. The molecule has 0 unspecified atom stereocenters. The second kappa shape index (κ2) is 9.28. The Morgan fingerprint density at radius 2 is 1.58 bits per heavy atom.